The van der Waals surface area contributed by atoms with Gasteiger partial charge in [0.25, 0.3) is 0 Å². The molecule has 0 bridgehead atoms. The summed E-state index contributed by atoms with van der Waals surface area (Å²) in [5, 5.41) is 5.90. The highest BCUT2D eigenvalue weighted by atomic mass is 16.5. The second kappa shape index (κ2) is 6.20. The maximum absolute atomic E-state index is 11.9. The molecule has 0 saturated heterocycles. The van der Waals surface area contributed by atoms with E-state index >= 15 is 0 Å². The third-order valence-corrected chi connectivity index (χ3v) is 3.98. The predicted molar refractivity (Wildman–Crippen MR) is 84.7 cm³/mol. The second-order valence-corrected chi connectivity index (χ2v) is 6.17. The van der Waals surface area contributed by atoms with Crippen LogP contribution in [0.2, 0.25) is 0 Å². The van der Waals surface area contributed by atoms with Crippen LogP contribution in [0.3, 0.4) is 0 Å². The number of amides is 2. The van der Waals surface area contributed by atoms with Crippen LogP contribution >= 0.6 is 0 Å². The maximum Gasteiger partial charge on any atom is 0.315 e. The van der Waals surface area contributed by atoms with Gasteiger partial charge in [0.05, 0.1) is 12.6 Å². The number of urea groups is 1. The number of methoxy groups -OCH3 is 1. The van der Waals surface area contributed by atoms with Crippen LogP contribution in [-0.2, 0) is 0 Å². The van der Waals surface area contributed by atoms with Crippen LogP contribution in [-0.4, -0.2) is 24.7 Å². The van der Waals surface area contributed by atoms with Gasteiger partial charge in [-0.25, -0.2) is 4.79 Å². The molecule has 0 spiro atoms. The summed E-state index contributed by atoms with van der Waals surface area (Å²) in [6.07, 6.45) is 3.66. The molecule has 114 valence electrons. The topological polar surface area (TPSA) is 50.4 Å². The standard InChI is InChI=1S/C17H24N2O2/c1-5-17(2,3)19-16(20)18-14-9-13(10-14)12-7-6-8-15(11-12)21-4/h5-8,11,13-14H,1,9-10H2,2-4H3,(H2,18,19,20). The molecule has 0 unspecified atom stereocenters. The van der Waals surface area contributed by atoms with E-state index in [9.17, 15) is 4.79 Å². The normalized spacial score (nSPS) is 21.1. The first-order chi connectivity index (χ1) is 9.93. The van der Waals surface area contributed by atoms with Crippen LogP contribution in [0.5, 0.6) is 5.75 Å². The van der Waals surface area contributed by atoms with Crippen molar-refractivity contribution in [1.29, 1.82) is 0 Å². The van der Waals surface area contributed by atoms with Gasteiger partial charge in [0.2, 0.25) is 0 Å². The molecule has 4 heteroatoms. The summed E-state index contributed by atoms with van der Waals surface area (Å²) in [4.78, 5) is 11.9. The van der Waals surface area contributed by atoms with E-state index in [1.165, 1.54) is 5.56 Å². The molecule has 2 rings (SSSR count). The van der Waals surface area contributed by atoms with Crippen LogP contribution < -0.4 is 15.4 Å². The number of hydrogen-bond acceptors (Lipinski definition) is 2. The van der Waals surface area contributed by atoms with E-state index in [0.29, 0.717) is 5.92 Å². The van der Waals surface area contributed by atoms with Crippen molar-refractivity contribution in [1.82, 2.24) is 10.6 Å². The molecule has 1 aromatic carbocycles. The maximum atomic E-state index is 11.9. The monoisotopic (exact) mass is 288 g/mol. The van der Waals surface area contributed by atoms with Crippen LogP contribution in [0.1, 0.15) is 38.2 Å². The lowest BCUT2D eigenvalue weighted by Crippen LogP contribution is -2.52. The summed E-state index contributed by atoms with van der Waals surface area (Å²) >= 11 is 0. The molecule has 0 aromatic heterocycles. The molecule has 0 aliphatic heterocycles. The first kappa shape index (κ1) is 15.4. The molecule has 0 heterocycles. The van der Waals surface area contributed by atoms with Crippen molar-refractivity contribution in [2.75, 3.05) is 7.11 Å². The lowest BCUT2D eigenvalue weighted by atomic mass is 9.76. The highest BCUT2D eigenvalue weighted by Crippen LogP contribution is 2.37. The van der Waals surface area contributed by atoms with Gasteiger partial charge in [-0.05, 0) is 50.3 Å². The van der Waals surface area contributed by atoms with Crippen molar-refractivity contribution in [2.24, 2.45) is 0 Å². The Morgan fingerprint density at radius 2 is 2.14 bits per heavy atom. The fraction of sp³-hybridized carbons (Fsp3) is 0.471. The number of benzene rings is 1. The first-order valence-corrected chi connectivity index (χ1v) is 7.30. The molecular weight excluding hydrogens is 264 g/mol. The number of carbonyl (C=O) groups excluding carboxylic acids is 1. The Bertz CT molecular complexity index is 519. The molecule has 1 aliphatic carbocycles. The molecule has 21 heavy (non-hydrogen) atoms. The van der Waals surface area contributed by atoms with Gasteiger partial charge in [0.1, 0.15) is 5.75 Å². The van der Waals surface area contributed by atoms with Gasteiger partial charge in [-0.15, -0.1) is 6.58 Å². The van der Waals surface area contributed by atoms with Crippen molar-refractivity contribution >= 4 is 6.03 Å². The fourth-order valence-electron chi connectivity index (χ4n) is 2.47. The van der Waals surface area contributed by atoms with E-state index in [4.69, 9.17) is 4.74 Å². The zero-order valence-electron chi connectivity index (χ0n) is 13.0. The van der Waals surface area contributed by atoms with Crippen molar-refractivity contribution in [3.8, 4) is 5.75 Å². The van der Waals surface area contributed by atoms with Crippen LogP contribution in [0.4, 0.5) is 4.79 Å². The average Bonchev–Trinajstić information content (AvgIpc) is 2.42. The van der Waals surface area contributed by atoms with Gasteiger partial charge in [-0.2, -0.15) is 0 Å². The molecule has 1 fully saturated rings. The van der Waals surface area contributed by atoms with Crippen molar-refractivity contribution < 1.29 is 9.53 Å². The van der Waals surface area contributed by atoms with E-state index < -0.39 is 0 Å². The number of nitrogens with one attached hydrogen (secondary N) is 2. The van der Waals surface area contributed by atoms with Crippen molar-refractivity contribution in [3.63, 3.8) is 0 Å². The summed E-state index contributed by atoms with van der Waals surface area (Å²) in [6.45, 7) is 7.54. The van der Waals surface area contributed by atoms with E-state index in [-0.39, 0.29) is 17.6 Å². The lowest BCUT2D eigenvalue weighted by Gasteiger charge is -2.37. The predicted octanol–water partition coefficient (Wildman–Crippen LogP) is 3.21. The molecule has 0 radical (unpaired) electrons. The SMILES string of the molecule is C=CC(C)(C)NC(=O)NC1CC(c2cccc(OC)c2)C1. The van der Waals surface area contributed by atoms with Gasteiger partial charge in [-0.3, -0.25) is 0 Å². The minimum Gasteiger partial charge on any atom is -0.497 e. The largest absolute Gasteiger partial charge is 0.497 e. The van der Waals surface area contributed by atoms with Crippen LogP contribution in [0, 0.1) is 0 Å². The van der Waals surface area contributed by atoms with Gasteiger partial charge in [0.15, 0.2) is 0 Å². The zero-order chi connectivity index (χ0) is 15.5. The molecular formula is C17H24N2O2. The number of ether oxygens (including phenoxy) is 1. The Balaban J connectivity index is 1.81. The van der Waals surface area contributed by atoms with Crippen LogP contribution in [0.15, 0.2) is 36.9 Å². The Hall–Kier alpha value is -1.97. The zero-order valence-corrected chi connectivity index (χ0v) is 13.0. The van der Waals surface area contributed by atoms with E-state index in [1.54, 1.807) is 13.2 Å². The molecule has 2 amide bonds. The molecule has 0 atom stereocenters. The third kappa shape index (κ3) is 4.00. The van der Waals surface area contributed by atoms with E-state index in [2.05, 4.69) is 29.3 Å². The van der Waals surface area contributed by atoms with Gasteiger partial charge in [0, 0.05) is 6.04 Å². The summed E-state index contributed by atoms with van der Waals surface area (Å²) in [7, 11) is 1.68. The van der Waals surface area contributed by atoms with E-state index in [0.717, 1.165) is 18.6 Å². The van der Waals surface area contributed by atoms with Gasteiger partial charge < -0.3 is 15.4 Å². The summed E-state index contributed by atoms with van der Waals surface area (Å²) in [6, 6.07) is 8.25. The van der Waals surface area contributed by atoms with Crippen molar-refractivity contribution in [2.45, 2.75) is 44.2 Å². The van der Waals surface area contributed by atoms with E-state index in [1.807, 2.05) is 26.0 Å². The number of hydrogen-bond donors (Lipinski definition) is 2. The summed E-state index contributed by atoms with van der Waals surface area (Å²) in [5.74, 6) is 1.38. The van der Waals surface area contributed by atoms with Crippen LogP contribution in [0.25, 0.3) is 0 Å². The Kier molecular flexibility index (Phi) is 4.56. The summed E-state index contributed by atoms with van der Waals surface area (Å²) < 4.78 is 5.24. The Labute approximate surface area is 126 Å². The highest BCUT2D eigenvalue weighted by Gasteiger charge is 2.32. The Morgan fingerprint density at radius 3 is 2.76 bits per heavy atom. The minimum absolute atomic E-state index is 0.131. The van der Waals surface area contributed by atoms with Gasteiger partial charge >= 0.3 is 6.03 Å². The quantitative estimate of drug-likeness (QED) is 0.817. The average molecular weight is 288 g/mol. The molecule has 2 N–H and O–H groups in total. The number of rotatable bonds is 5. The third-order valence-electron chi connectivity index (χ3n) is 3.98. The Morgan fingerprint density at radius 1 is 1.43 bits per heavy atom. The second-order valence-electron chi connectivity index (χ2n) is 6.17. The highest BCUT2D eigenvalue weighted by molar-refractivity contribution is 5.75. The molecule has 1 saturated carbocycles. The molecule has 4 nitrogen and oxygen atoms in total. The fourth-order valence-corrected chi connectivity index (χ4v) is 2.47. The lowest BCUT2D eigenvalue weighted by molar-refractivity contribution is 0.216. The first-order valence-electron chi connectivity index (χ1n) is 7.30. The smallest absolute Gasteiger partial charge is 0.315 e. The van der Waals surface area contributed by atoms with Gasteiger partial charge in [-0.1, -0.05) is 18.2 Å². The molecule has 1 aromatic rings. The minimum atomic E-state index is -0.389. The molecule has 1 aliphatic rings. The van der Waals surface area contributed by atoms with Crippen molar-refractivity contribution in [3.05, 3.63) is 42.5 Å². The number of carbonyl (C=O) groups is 1. The summed E-state index contributed by atoms with van der Waals surface area (Å²) in [5.41, 5.74) is 0.888.